The third-order valence-electron chi connectivity index (χ3n) is 3.36. The first-order chi connectivity index (χ1) is 11.0. The molecule has 7 heteroatoms. The van der Waals surface area contributed by atoms with E-state index in [0.717, 1.165) is 18.6 Å². The van der Waals surface area contributed by atoms with Gasteiger partial charge in [0.25, 0.3) is 0 Å². The predicted molar refractivity (Wildman–Crippen MR) is 90.2 cm³/mol. The van der Waals surface area contributed by atoms with E-state index in [1.807, 2.05) is 0 Å². The van der Waals surface area contributed by atoms with Crippen LogP contribution in [-0.2, 0) is 9.59 Å². The second-order valence-electron chi connectivity index (χ2n) is 5.31. The molecule has 1 aromatic carbocycles. The van der Waals surface area contributed by atoms with Crippen molar-refractivity contribution in [2.75, 3.05) is 6.61 Å². The van der Waals surface area contributed by atoms with Gasteiger partial charge in [0.15, 0.2) is 0 Å². The summed E-state index contributed by atoms with van der Waals surface area (Å²) in [5.41, 5.74) is 3.24. The lowest BCUT2D eigenvalue weighted by Crippen LogP contribution is -2.23. The Hall–Kier alpha value is -1.59. The fourth-order valence-electron chi connectivity index (χ4n) is 2.19. The van der Waals surface area contributed by atoms with Crippen molar-refractivity contribution in [1.82, 2.24) is 5.43 Å². The molecule has 0 unspecified atom stereocenters. The number of hydrogen-bond donors (Lipinski definition) is 1. The number of hydrazone groups is 1. The number of carbonyl (C=O) groups excluding carboxylic acids is 2. The number of halogens is 2. The van der Waals surface area contributed by atoms with E-state index in [2.05, 4.69) is 10.5 Å². The molecule has 1 aliphatic carbocycles. The Kier molecular flexibility index (Phi) is 6.86. The third kappa shape index (κ3) is 6.20. The van der Waals surface area contributed by atoms with E-state index in [-0.39, 0.29) is 18.1 Å². The normalized spacial score (nSPS) is 16.4. The molecule has 0 atom stereocenters. The number of amides is 1. The molecule has 5 nitrogen and oxygen atoms in total. The molecule has 0 aromatic heterocycles. The molecule has 0 aliphatic heterocycles. The van der Waals surface area contributed by atoms with Gasteiger partial charge >= 0.3 is 0 Å². The Balaban J connectivity index is 1.66. The number of ketones is 1. The van der Waals surface area contributed by atoms with E-state index >= 15 is 0 Å². The molecular formula is C16H18Cl2N2O3. The number of rotatable bonds is 6. The van der Waals surface area contributed by atoms with Gasteiger partial charge in [0, 0.05) is 30.0 Å². The van der Waals surface area contributed by atoms with E-state index in [9.17, 15) is 9.59 Å². The first kappa shape index (κ1) is 17.8. The van der Waals surface area contributed by atoms with Crippen molar-refractivity contribution in [2.45, 2.75) is 38.5 Å². The van der Waals surface area contributed by atoms with Gasteiger partial charge in [-0.3, -0.25) is 9.59 Å². The average molecular weight is 357 g/mol. The highest BCUT2D eigenvalue weighted by Crippen LogP contribution is 2.27. The molecule has 124 valence electrons. The quantitative estimate of drug-likeness (QED) is 0.623. The molecule has 1 aromatic rings. The molecule has 23 heavy (non-hydrogen) atoms. The second-order valence-corrected chi connectivity index (χ2v) is 6.15. The minimum atomic E-state index is -0.193. The van der Waals surface area contributed by atoms with Gasteiger partial charge in [0.2, 0.25) is 5.91 Å². The van der Waals surface area contributed by atoms with Crippen LogP contribution in [0.1, 0.15) is 38.5 Å². The van der Waals surface area contributed by atoms with Crippen molar-refractivity contribution >= 4 is 40.6 Å². The first-order valence-electron chi connectivity index (χ1n) is 7.48. The van der Waals surface area contributed by atoms with Gasteiger partial charge in [-0.2, -0.15) is 5.10 Å². The maximum atomic E-state index is 11.7. The molecule has 1 aliphatic rings. The van der Waals surface area contributed by atoms with Gasteiger partial charge in [0.1, 0.15) is 11.5 Å². The summed E-state index contributed by atoms with van der Waals surface area (Å²) in [6.45, 7) is 0.365. The summed E-state index contributed by atoms with van der Waals surface area (Å²) >= 11 is 11.8. The molecule has 0 saturated heterocycles. The van der Waals surface area contributed by atoms with E-state index in [0.29, 0.717) is 41.7 Å². The van der Waals surface area contributed by atoms with Crippen LogP contribution in [0.3, 0.4) is 0 Å². The summed E-state index contributed by atoms with van der Waals surface area (Å²) in [4.78, 5) is 23.0. The molecular weight excluding hydrogens is 339 g/mol. The first-order valence-corrected chi connectivity index (χ1v) is 8.24. The maximum absolute atomic E-state index is 11.7. The highest BCUT2D eigenvalue weighted by Gasteiger charge is 2.14. The second kappa shape index (κ2) is 8.89. The van der Waals surface area contributed by atoms with Crippen LogP contribution in [0.25, 0.3) is 0 Å². The number of Topliss-reactive ketones (excluding diaryl/α,β-unsaturated/α-hetero) is 1. The van der Waals surface area contributed by atoms with E-state index < -0.39 is 0 Å². The molecule has 1 amide bonds. The lowest BCUT2D eigenvalue weighted by molar-refractivity contribution is -0.121. The molecule has 1 N–H and O–H groups in total. The van der Waals surface area contributed by atoms with Crippen LogP contribution in [0, 0.1) is 0 Å². The van der Waals surface area contributed by atoms with Crippen molar-refractivity contribution in [3.63, 3.8) is 0 Å². The van der Waals surface area contributed by atoms with Crippen molar-refractivity contribution in [3.05, 3.63) is 28.2 Å². The van der Waals surface area contributed by atoms with Gasteiger partial charge in [0.05, 0.1) is 11.6 Å². The number of carbonyl (C=O) groups is 2. The predicted octanol–water partition coefficient (Wildman–Crippen LogP) is 3.77. The fraction of sp³-hybridized carbons (Fsp3) is 0.438. The zero-order valence-corrected chi connectivity index (χ0v) is 14.1. The van der Waals surface area contributed by atoms with Crippen LogP contribution < -0.4 is 10.2 Å². The standard InChI is InChI=1S/C16H18Cl2N2O3/c17-11-6-7-15(14(18)9-11)23-8-2-5-16(22)20-19-12-3-1-4-13(21)10-12/h6-7,9H,1-5,8,10H2,(H,20,22). The van der Waals surface area contributed by atoms with E-state index in [1.54, 1.807) is 18.2 Å². The number of ether oxygens (including phenoxy) is 1. The topological polar surface area (TPSA) is 67.8 Å². The van der Waals surface area contributed by atoms with Crippen LogP contribution in [-0.4, -0.2) is 24.0 Å². The molecule has 0 heterocycles. The molecule has 0 radical (unpaired) electrons. The van der Waals surface area contributed by atoms with Gasteiger partial charge in [-0.1, -0.05) is 23.2 Å². The summed E-state index contributed by atoms with van der Waals surface area (Å²) in [6, 6.07) is 4.99. The SMILES string of the molecule is O=C1CCCC(=NNC(=O)CCCOc2ccc(Cl)cc2Cl)C1. The Labute approximate surface area is 145 Å². The van der Waals surface area contributed by atoms with Crippen molar-refractivity contribution in [2.24, 2.45) is 5.10 Å². The summed E-state index contributed by atoms with van der Waals surface area (Å²) in [6.07, 6.45) is 3.36. The Morgan fingerprint density at radius 2 is 2.13 bits per heavy atom. The third-order valence-corrected chi connectivity index (χ3v) is 3.89. The van der Waals surface area contributed by atoms with Gasteiger partial charge in [-0.05, 0) is 37.5 Å². The minimum Gasteiger partial charge on any atom is -0.492 e. The lowest BCUT2D eigenvalue weighted by Gasteiger charge is -2.11. The zero-order chi connectivity index (χ0) is 16.7. The fourth-order valence-corrected chi connectivity index (χ4v) is 2.66. The maximum Gasteiger partial charge on any atom is 0.240 e. The highest BCUT2D eigenvalue weighted by molar-refractivity contribution is 6.35. The Morgan fingerprint density at radius 1 is 1.30 bits per heavy atom. The Morgan fingerprint density at radius 3 is 2.87 bits per heavy atom. The van der Waals surface area contributed by atoms with Crippen LogP contribution in [0.5, 0.6) is 5.75 Å². The van der Waals surface area contributed by atoms with Crippen LogP contribution in [0.2, 0.25) is 10.0 Å². The molecule has 1 saturated carbocycles. The summed E-state index contributed by atoms with van der Waals surface area (Å²) < 4.78 is 5.50. The van der Waals surface area contributed by atoms with Crippen molar-refractivity contribution in [1.29, 1.82) is 0 Å². The smallest absolute Gasteiger partial charge is 0.240 e. The monoisotopic (exact) mass is 356 g/mol. The summed E-state index contributed by atoms with van der Waals surface area (Å²) in [5.74, 6) is 0.524. The van der Waals surface area contributed by atoms with E-state index in [1.165, 1.54) is 0 Å². The van der Waals surface area contributed by atoms with Crippen molar-refractivity contribution in [3.8, 4) is 5.75 Å². The number of nitrogens with zero attached hydrogens (tertiary/aromatic N) is 1. The number of benzene rings is 1. The van der Waals surface area contributed by atoms with Gasteiger partial charge < -0.3 is 4.74 Å². The van der Waals surface area contributed by atoms with Crippen LogP contribution in [0.4, 0.5) is 0 Å². The molecule has 0 bridgehead atoms. The zero-order valence-electron chi connectivity index (χ0n) is 12.6. The summed E-state index contributed by atoms with van der Waals surface area (Å²) in [7, 11) is 0. The Bertz CT molecular complexity index is 617. The number of nitrogens with one attached hydrogen (secondary N) is 1. The van der Waals surface area contributed by atoms with Gasteiger partial charge in [-0.25, -0.2) is 5.43 Å². The van der Waals surface area contributed by atoms with Gasteiger partial charge in [-0.15, -0.1) is 0 Å². The number of hydrogen-bond acceptors (Lipinski definition) is 4. The minimum absolute atomic E-state index is 0.178. The van der Waals surface area contributed by atoms with E-state index in [4.69, 9.17) is 27.9 Å². The van der Waals surface area contributed by atoms with Crippen molar-refractivity contribution < 1.29 is 14.3 Å². The average Bonchev–Trinajstić information content (AvgIpc) is 2.51. The summed E-state index contributed by atoms with van der Waals surface area (Å²) in [5, 5.41) is 5.00. The lowest BCUT2D eigenvalue weighted by atomic mass is 9.97. The molecule has 0 spiro atoms. The highest BCUT2D eigenvalue weighted by atomic mass is 35.5. The molecule has 1 fully saturated rings. The molecule has 2 rings (SSSR count). The van der Waals surface area contributed by atoms with Crippen LogP contribution >= 0.6 is 23.2 Å². The largest absolute Gasteiger partial charge is 0.492 e. The van der Waals surface area contributed by atoms with Crippen LogP contribution in [0.15, 0.2) is 23.3 Å².